The van der Waals surface area contributed by atoms with Gasteiger partial charge in [0.2, 0.25) is 0 Å². The van der Waals surface area contributed by atoms with Crippen LogP contribution in [0.3, 0.4) is 0 Å². The van der Waals surface area contributed by atoms with Crippen molar-refractivity contribution in [1.82, 2.24) is 0 Å². The van der Waals surface area contributed by atoms with Crippen LogP contribution in [0.15, 0.2) is 12.1 Å². The van der Waals surface area contributed by atoms with Crippen LogP contribution in [0.25, 0.3) is 0 Å². The minimum atomic E-state index is 0.249. The van der Waals surface area contributed by atoms with Crippen molar-refractivity contribution in [2.24, 2.45) is 5.73 Å². The van der Waals surface area contributed by atoms with Gasteiger partial charge >= 0.3 is 0 Å². The summed E-state index contributed by atoms with van der Waals surface area (Å²) < 4.78 is 0. The van der Waals surface area contributed by atoms with E-state index in [1.807, 2.05) is 0 Å². The van der Waals surface area contributed by atoms with Gasteiger partial charge in [-0.05, 0) is 65.2 Å². The summed E-state index contributed by atoms with van der Waals surface area (Å²) in [5.74, 6) is 0. The molecule has 1 aromatic rings. The first kappa shape index (κ1) is 14.1. The van der Waals surface area contributed by atoms with Crippen molar-refractivity contribution in [3.05, 3.63) is 34.4 Å². The van der Waals surface area contributed by atoms with Gasteiger partial charge in [-0.25, -0.2) is 0 Å². The van der Waals surface area contributed by atoms with Gasteiger partial charge in [0.05, 0.1) is 0 Å². The summed E-state index contributed by atoms with van der Waals surface area (Å²) in [6, 6.07) is 5.23. The summed E-state index contributed by atoms with van der Waals surface area (Å²) in [6.45, 7) is 9.61. The molecule has 2 aliphatic carbocycles. The third-order valence-corrected chi connectivity index (χ3v) is 5.72. The maximum Gasteiger partial charge on any atom is 0.0297 e. The second-order valence-corrected chi connectivity index (χ2v) is 8.22. The summed E-state index contributed by atoms with van der Waals surface area (Å²) in [7, 11) is 0. The fourth-order valence-corrected chi connectivity index (χ4v) is 4.07. The Morgan fingerprint density at radius 2 is 1.55 bits per heavy atom. The van der Waals surface area contributed by atoms with Crippen LogP contribution in [-0.2, 0) is 17.3 Å². The van der Waals surface area contributed by atoms with Gasteiger partial charge in [0.1, 0.15) is 0 Å². The molecule has 1 heteroatoms. The van der Waals surface area contributed by atoms with E-state index in [-0.39, 0.29) is 6.04 Å². The van der Waals surface area contributed by atoms with Gasteiger partial charge in [-0.2, -0.15) is 0 Å². The Morgan fingerprint density at radius 1 is 0.950 bits per heavy atom. The predicted molar refractivity (Wildman–Crippen MR) is 86.2 cm³/mol. The van der Waals surface area contributed by atoms with Crippen LogP contribution in [0.4, 0.5) is 0 Å². The minimum Gasteiger partial charge on any atom is -0.324 e. The highest BCUT2D eigenvalue weighted by Gasteiger charge is 2.38. The lowest BCUT2D eigenvalue weighted by Crippen LogP contribution is -2.34. The zero-order valence-corrected chi connectivity index (χ0v) is 13.6. The number of nitrogens with two attached hydrogens (primary N) is 1. The average Bonchev–Trinajstić information content (AvgIpc) is 2.56. The molecular formula is C19H29N. The van der Waals surface area contributed by atoms with Gasteiger partial charge in [-0.1, -0.05) is 46.2 Å². The normalized spacial score (nSPS) is 27.4. The van der Waals surface area contributed by atoms with Gasteiger partial charge in [0.25, 0.3) is 0 Å². The molecule has 2 N–H and O–H groups in total. The third kappa shape index (κ3) is 2.20. The van der Waals surface area contributed by atoms with Crippen LogP contribution >= 0.6 is 0 Å². The molecule has 0 amide bonds. The highest BCUT2D eigenvalue weighted by atomic mass is 14.6. The summed E-state index contributed by atoms with van der Waals surface area (Å²) >= 11 is 0. The maximum absolute atomic E-state index is 6.44. The second kappa shape index (κ2) is 4.59. The summed E-state index contributed by atoms with van der Waals surface area (Å²) in [4.78, 5) is 0. The third-order valence-electron chi connectivity index (χ3n) is 5.72. The molecule has 1 nitrogen and oxygen atoms in total. The summed E-state index contributed by atoms with van der Waals surface area (Å²) in [5, 5.41) is 0. The standard InChI is InChI=1S/C19H29N/c1-18(2)9-10-19(3,4)16-12-14-13(11-15(16)18)7-5-6-8-17(14)20/h11-12,17H,5-10,20H2,1-4H3/t17-/m0/s1. The lowest BCUT2D eigenvalue weighted by Gasteiger charge is -2.42. The molecule has 0 heterocycles. The monoisotopic (exact) mass is 271 g/mol. The van der Waals surface area contributed by atoms with Crippen LogP contribution in [0.2, 0.25) is 0 Å². The molecule has 0 unspecified atom stereocenters. The zero-order valence-electron chi connectivity index (χ0n) is 13.6. The Kier molecular flexibility index (Phi) is 3.25. The molecule has 0 aliphatic heterocycles. The fraction of sp³-hybridized carbons (Fsp3) is 0.684. The van der Waals surface area contributed by atoms with Crippen LogP contribution in [-0.4, -0.2) is 0 Å². The van der Waals surface area contributed by atoms with E-state index in [9.17, 15) is 0 Å². The number of hydrogen-bond donors (Lipinski definition) is 1. The van der Waals surface area contributed by atoms with Gasteiger partial charge in [-0.15, -0.1) is 0 Å². The largest absolute Gasteiger partial charge is 0.324 e. The van der Waals surface area contributed by atoms with E-state index in [0.717, 1.165) is 6.42 Å². The van der Waals surface area contributed by atoms with Crippen molar-refractivity contribution >= 4 is 0 Å². The van der Waals surface area contributed by atoms with Gasteiger partial charge < -0.3 is 5.73 Å². The van der Waals surface area contributed by atoms with Crippen molar-refractivity contribution in [2.45, 2.75) is 83.1 Å². The Hall–Kier alpha value is -0.820. The summed E-state index contributed by atoms with van der Waals surface area (Å²) in [6.07, 6.45) is 7.50. The molecular weight excluding hydrogens is 242 g/mol. The number of hydrogen-bond acceptors (Lipinski definition) is 1. The van der Waals surface area contributed by atoms with Gasteiger partial charge in [-0.3, -0.25) is 0 Å². The lowest BCUT2D eigenvalue weighted by molar-refractivity contribution is 0.331. The molecule has 110 valence electrons. The molecule has 1 aromatic carbocycles. The smallest absolute Gasteiger partial charge is 0.0297 e. The molecule has 3 rings (SSSR count). The van der Waals surface area contributed by atoms with Crippen molar-refractivity contribution in [3.8, 4) is 0 Å². The Balaban J connectivity index is 2.21. The highest BCUT2D eigenvalue weighted by molar-refractivity contribution is 5.48. The maximum atomic E-state index is 6.44. The van der Waals surface area contributed by atoms with E-state index in [2.05, 4.69) is 39.8 Å². The summed E-state index contributed by atoms with van der Waals surface area (Å²) in [5.41, 5.74) is 13.2. The minimum absolute atomic E-state index is 0.249. The lowest BCUT2D eigenvalue weighted by atomic mass is 9.62. The Bertz CT molecular complexity index is 525. The fourth-order valence-electron chi connectivity index (χ4n) is 4.07. The van der Waals surface area contributed by atoms with Crippen LogP contribution in [0, 0.1) is 0 Å². The molecule has 20 heavy (non-hydrogen) atoms. The van der Waals surface area contributed by atoms with E-state index >= 15 is 0 Å². The van der Waals surface area contributed by atoms with Crippen molar-refractivity contribution in [2.75, 3.05) is 0 Å². The topological polar surface area (TPSA) is 26.0 Å². The van der Waals surface area contributed by atoms with Crippen molar-refractivity contribution in [3.63, 3.8) is 0 Å². The molecule has 0 radical (unpaired) electrons. The SMILES string of the molecule is CC1(C)CCC(C)(C)c2cc3c(cc21)CCCC[C@@H]3N. The second-order valence-electron chi connectivity index (χ2n) is 8.22. The molecule has 2 aliphatic rings. The first-order chi connectivity index (χ1) is 9.31. The van der Waals surface area contributed by atoms with Crippen LogP contribution < -0.4 is 5.73 Å². The molecule has 0 fully saturated rings. The average molecular weight is 271 g/mol. The molecule has 0 saturated heterocycles. The van der Waals surface area contributed by atoms with E-state index in [4.69, 9.17) is 5.73 Å². The molecule has 0 aromatic heterocycles. The van der Waals surface area contributed by atoms with Crippen molar-refractivity contribution in [1.29, 1.82) is 0 Å². The quantitative estimate of drug-likeness (QED) is 0.676. The van der Waals surface area contributed by atoms with Crippen LogP contribution in [0.1, 0.15) is 88.1 Å². The Morgan fingerprint density at radius 3 is 2.20 bits per heavy atom. The van der Waals surface area contributed by atoms with Crippen LogP contribution in [0.5, 0.6) is 0 Å². The van der Waals surface area contributed by atoms with E-state index < -0.39 is 0 Å². The van der Waals surface area contributed by atoms with Gasteiger partial charge in [0, 0.05) is 6.04 Å². The van der Waals surface area contributed by atoms with Gasteiger partial charge in [0.15, 0.2) is 0 Å². The molecule has 0 bridgehead atoms. The first-order valence-corrected chi connectivity index (χ1v) is 8.25. The number of benzene rings is 1. The number of aryl methyl sites for hydroxylation is 1. The molecule has 0 saturated carbocycles. The first-order valence-electron chi connectivity index (χ1n) is 8.25. The number of fused-ring (bicyclic) bond motifs is 2. The zero-order chi connectivity index (χ0) is 14.5. The number of rotatable bonds is 0. The highest BCUT2D eigenvalue weighted by Crippen LogP contribution is 2.47. The van der Waals surface area contributed by atoms with Crippen molar-refractivity contribution < 1.29 is 0 Å². The van der Waals surface area contributed by atoms with E-state index in [1.165, 1.54) is 43.2 Å². The van der Waals surface area contributed by atoms with E-state index in [0.29, 0.717) is 10.8 Å². The predicted octanol–water partition coefficient (Wildman–Crippen LogP) is 4.76. The Labute approximate surface area is 124 Å². The molecule has 1 atom stereocenters. The van der Waals surface area contributed by atoms with E-state index in [1.54, 1.807) is 11.1 Å². The molecule has 0 spiro atoms.